The number of ether oxygens (including phenoxy) is 2. The molecule has 5 atom stereocenters. The third-order valence-electron chi connectivity index (χ3n) is 11.4. The molecule has 4 aliphatic heterocycles. The number of fused-ring (bicyclic) bond motifs is 3. The van der Waals surface area contributed by atoms with Crippen LogP contribution in [-0.2, 0) is 4.74 Å². The fourth-order valence-electron chi connectivity index (χ4n) is 8.84. The van der Waals surface area contributed by atoms with Gasteiger partial charge in [-0.1, -0.05) is 6.92 Å². The Labute approximate surface area is 260 Å². The summed E-state index contributed by atoms with van der Waals surface area (Å²) in [7, 11) is 0. The van der Waals surface area contributed by atoms with E-state index in [0.717, 1.165) is 85.8 Å². The molecule has 1 spiro atoms. The van der Waals surface area contributed by atoms with E-state index in [1.54, 1.807) is 12.4 Å². The Bertz CT molecular complexity index is 1830. The Hall–Kier alpha value is -3.44. The van der Waals surface area contributed by atoms with Gasteiger partial charge in [0.05, 0.1) is 34.8 Å². The van der Waals surface area contributed by atoms with Crippen molar-refractivity contribution in [1.82, 2.24) is 30.0 Å². The summed E-state index contributed by atoms with van der Waals surface area (Å²) in [6, 6.07) is 2.22. The summed E-state index contributed by atoms with van der Waals surface area (Å²) in [4.78, 5) is 18.8. The third kappa shape index (κ3) is 4.36. The van der Waals surface area contributed by atoms with Gasteiger partial charge in [-0.15, -0.1) is 0 Å². The predicted molar refractivity (Wildman–Crippen MR) is 167 cm³/mol. The van der Waals surface area contributed by atoms with Gasteiger partial charge in [0.2, 0.25) is 0 Å². The second-order valence-corrected chi connectivity index (χ2v) is 14.3. The molecular weight excluding hydrogens is 576 g/mol. The molecule has 5 aliphatic rings. The molecule has 0 bridgehead atoms. The number of piperidine rings is 1. The second kappa shape index (κ2) is 10.0. The lowest BCUT2D eigenvalue weighted by Gasteiger charge is -2.48. The van der Waals surface area contributed by atoms with Gasteiger partial charge in [-0.05, 0) is 74.6 Å². The maximum absolute atomic E-state index is 17.1. The minimum Gasteiger partial charge on any atom is -0.461 e. The van der Waals surface area contributed by atoms with Crippen molar-refractivity contribution in [2.75, 3.05) is 44.3 Å². The fourth-order valence-corrected chi connectivity index (χ4v) is 8.84. The van der Waals surface area contributed by atoms with Crippen LogP contribution in [0.3, 0.4) is 0 Å². The van der Waals surface area contributed by atoms with E-state index in [9.17, 15) is 4.39 Å². The second-order valence-electron chi connectivity index (χ2n) is 14.3. The van der Waals surface area contributed by atoms with Gasteiger partial charge in [-0.2, -0.15) is 15.1 Å². The SMILES string of the molecule is Cc1cc2[nH]ncc2c(-c2ncc3c(N4CCC[C@]5(CCO5)C4)nc(OC[C@@]45CCCN4C[C@H](F)C5)nc3c2F)c1[C@H]1C[C@H]1C. The molecule has 1 aliphatic carbocycles. The van der Waals surface area contributed by atoms with Gasteiger partial charge in [-0.25, -0.2) is 8.78 Å². The predicted octanol–water partition coefficient (Wildman–Crippen LogP) is 5.85. The molecule has 1 N–H and O–H groups in total. The number of aryl methyl sites for hydroxylation is 1. The highest BCUT2D eigenvalue weighted by Crippen LogP contribution is 2.53. The number of H-pyrrole nitrogens is 1. The lowest BCUT2D eigenvalue weighted by Crippen LogP contribution is -2.56. The first kappa shape index (κ1) is 27.8. The molecule has 45 heavy (non-hydrogen) atoms. The van der Waals surface area contributed by atoms with Crippen molar-refractivity contribution < 1.29 is 18.3 Å². The lowest BCUT2D eigenvalue weighted by molar-refractivity contribution is -0.151. The zero-order valence-electron chi connectivity index (χ0n) is 25.9. The number of rotatable bonds is 6. The summed E-state index contributed by atoms with van der Waals surface area (Å²) in [6.45, 7) is 8.13. The zero-order chi connectivity index (χ0) is 30.5. The summed E-state index contributed by atoms with van der Waals surface area (Å²) in [5, 5.41) is 8.79. The first-order valence-electron chi connectivity index (χ1n) is 16.6. The van der Waals surface area contributed by atoms with E-state index < -0.39 is 12.0 Å². The number of aromatic nitrogens is 5. The number of hydrogen-bond acceptors (Lipinski definition) is 8. The maximum Gasteiger partial charge on any atom is 0.319 e. The topological polar surface area (TPSA) is 92.3 Å². The molecule has 9 rings (SSSR count). The Kier molecular flexibility index (Phi) is 6.20. The van der Waals surface area contributed by atoms with Crippen molar-refractivity contribution in [3.8, 4) is 17.3 Å². The van der Waals surface area contributed by atoms with E-state index in [-0.39, 0.29) is 35.0 Å². The van der Waals surface area contributed by atoms with Crippen molar-refractivity contribution >= 4 is 27.6 Å². The summed E-state index contributed by atoms with van der Waals surface area (Å²) >= 11 is 0. The van der Waals surface area contributed by atoms with E-state index >= 15 is 4.39 Å². The number of anilines is 1. The van der Waals surface area contributed by atoms with Gasteiger partial charge in [-0.3, -0.25) is 15.0 Å². The molecule has 5 fully saturated rings. The van der Waals surface area contributed by atoms with Crippen LogP contribution < -0.4 is 9.64 Å². The lowest BCUT2D eigenvalue weighted by atomic mass is 9.86. The third-order valence-corrected chi connectivity index (χ3v) is 11.4. The summed E-state index contributed by atoms with van der Waals surface area (Å²) in [6.07, 6.45) is 8.99. The van der Waals surface area contributed by atoms with Gasteiger partial charge < -0.3 is 14.4 Å². The van der Waals surface area contributed by atoms with Crippen LogP contribution in [0.15, 0.2) is 18.5 Å². The normalized spacial score (nSPS) is 31.2. The van der Waals surface area contributed by atoms with Crippen LogP contribution in [0.5, 0.6) is 6.01 Å². The van der Waals surface area contributed by atoms with E-state index in [1.165, 1.54) is 0 Å². The molecule has 11 heteroatoms. The molecule has 1 saturated carbocycles. The summed E-state index contributed by atoms with van der Waals surface area (Å²) in [5.41, 5.74) is 3.80. The Morgan fingerprint density at radius 2 is 1.98 bits per heavy atom. The Morgan fingerprint density at radius 1 is 1.13 bits per heavy atom. The fraction of sp³-hybridized carbons (Fsp3) is 0.588. The number of aromatic amines is 1. The van der Waals surface area contributed by atoms with Gasteiger partial charge in [0.25, 0.3) is 0 Å². The molecule has 4 aromatic rings. The molecule has 0 unspecified atom stereocenters. The summed E-state index contributed by atoms with van der Waals surface area (Å²) < 4.78 is 44.0. The standard InChI is InChI=1S/C34H39F2N7O2/c1-19-11-22(19)26-20(2)12-25-23(15-38-41-25)27(26)30-28(36)29-24(14-37-30)31(42-8-4-6-34(17-42)7-10-45-34)40-32(39-29)44-18-33-5-3-9-43(33)16-21(35)13-33/h12,14-15,19,21-22H,3-11,13,16-18H2,1-2H3,(H,38,41)/t19-,21-,22+,33+,34+/m1/s1. The van der Waals surface area contributed by atoms with Crippen LogP contribution in [0.1, 0.15) is 68.9 Å². The van der Waals surface area contributed by atoms with Crippen molar-refractivity contribution in [2.45, 2.75) is 82.0 Å². The van der Waals surface area contributed by atoms with Crippen LogP contribution in [-0.4, -0.2) is 86.8 Å². The minimum atomic E-state index is -0.863. The van der Waals surface area contributed by atoms with Crippen LogP contribution >= 0.6 is 0 Å². The first-order chi connectivity index (χ1) is 21.8. The highest BCUT2D eigenvalue weighted by molar-refractivity contribution is 6.00. The van der Waals surface area contributed by atoms with E-state index in [1.807, 2.05) is 0 Å². The van der Waals surface area contributed by atoms with Gasteiger partial charge >= 0.3 is 6.01 Å². The zero-order valence-corrected chi connectivity index (χ0v) is 25.9. The number of benzene rings is 1. The molecule has 0 radical (unpaired) electrons. The van der Waals surface area contributed by atoms with Gasteiger partial charge in [0, 0.05) is 49.6 Å². The van der Waals surface area contributed by atoms with Crippen LogP contribution in [0.2, 0.25) is 0 Å². The molecular formula is C34H39F2N7O2. The molecule has 9 nitrogen and oxygen atoms in total. The largest absolute Gasteiger partial charge is 0.461 e. The Morgan fingerprint density at radius 3 is 2.78 bits per heavy atom. The molecule has 3 aromatic heterocycles. The highest BCUT2D eigenvalue weighted by Gasteiger charge is 2.49. The van der Waals surface area contributed by atoms with Crippen molar-refractivity contribution in [3.05, 3.63) is 35.4 Å². The molecule has 7 heterocycles. The molecule has 236 valence electrons. The number of halogens is 2. The maximum atomic E-state index is 17.1. The van der Waals surface area contributed by atoms with Crippen molar-refractivity contribution in [3.63, 3.8) is 0 Å². The van der Waals surface area contributed by atoms with E-state index in [2.05, 4.69) is 39.9 Å². The number of pyridine rings is 1. The molecule has 4 saturated heterocycles. The van der Waals surface area contributed by atoms with Gasteiger partial charge in [0.1, 0.15) is 29.8 Å². The highest BCUT2D eigenvalue weighted by atomic mass is 19.1. The average Bonchev–Trinajstić information content (AvgIpc) is 3.30. The van der Waals surface area contributed by atoms with Gasteiger partial charge in [0.15, 0.2) is 5.82 Å². The monoisotopic (exact) mass is 615 g/mol. The molecule has 1 aromatic carbocycles. The number of nitrogens with one attached hydrogen (secondary N) is 1. The first-order valence-corrected chi connectivity index (χ1v) is 16.6. The Balaban J connectivity index is 1.18. The van der Waals surface area contributed by atoms with E-state index in [0.29, 0.717) is 42.6 Å². The minimum absolute atomic E-state index is 0.125. The van der Waals surface area contributed by atoms with E-state index in [4.69, 9.17) is 24.4 Å². The number of alkyl halides is 1. The molecule has 0 amide bonds. The number of hydrogen-bond donors (Lipinski definition) is 1. The van der Waals surface area contributed by atoms with Crippen LogP contribution in [0, 0.1) is 18.7 Å². The smallest absolute Gasteiger partial charge is 0.319 e. The average molecular weight is 616 g/mol. The summed E-state index contributed by atoms with van der Waals surface area (Å²) in [5.74, 6) is 1.01. The van der Waals surface area contributed by atoms with Crippen LogP contribution in [0.25, 0.3) is 33.1 Å². The number of nitrogens with zero attached hydrogens (tertiary/aromatic N) is 6. The van der Waals surface area contributed by atoms with Crippen molar-refractivity contribution in [1.29, 1.82) is 0 Å². The van der Waals surface area contributed by atoms with Crippen molar-refractivity contribution in [2.24, 2.45) is 5.92 Å². The quantitative estimate of drug-likeness (QED) is 0.289. The van der Waals surface area contributed by atoms with Crippen LogP contribution in [0.4, 0.5) is 14.6 Å².